The molecule has 0 bridgehead atoms. The van der Waals surface area contributed by atoms with Crippen LogP contribution in [0, 0.1) is 0 Å². The Balaban J connectivity index is 2.42. The summed E-state index contributed by atoms with van der Waals surface area (Å²) >= 11 is 5.76. The average molecular weight is 489 g/mol. The minimum atomic E-state index is -5.97. The van der Waals surface area contributed by atoms with Crippen molar-refractivity contribution in [2.45, 2.75) is 31.6 Å². The van der Waals surface area contributed by atoms with Crippen molar-refractivity contribution in [2.24, 2.45) is 5.16 Å². The van der Waals surface area contributed by atoms with Crippen molar-refractivity contribution in [3.8, 4) is 0 Å². The first kappa shape index (κ1) is 24.8. The molecule has 1 N–H and O–H groups in total. The topological polar surface area (TPSA) is 67.8 Å². The number of rotatable bonds is 7. The van der Waals surface area contributed by atoms with Crippen molar-refractivity contribution < 1.29 is 39.6 Å². The minimum absolute atomic E-state index is 0.0206. The number of sulfonamides is 1. The zero-order valence-corrected chi connectivity index (χ0v) is 17.3. The smallest absolute Gasteiger partial charge is 0.391 e. The molecule has 0 fully saturated rings. The zero-order chi connectivity index (χ0) is 23.4. The highest BCUT2D eigenvalue weighted by atomic mass is 35.5. The molecule has 0 aliphatic carbocycles. The van der Waals surface area contributed by atoms with E-state index in [0.717, 1.165) is 10.8 Å². The summed E-state index contributed by atoms with van der Waals surface area (Å²) in [6.45, 7) is 1.45. The lowest BCUT2D eigenvalue weighted by molar-refractivity contribution is -0.137. The Hall–Kier alpha value is -2.47. The molecule has 0 unspecified atom stereocenters. The number of hydrogen-bond acceptors (Lipinski definition) is 4. The molecule has 0 spiro atoms. The number of halogens is 7. The maximum absolute atomic E-state index is 13.0. The van der Waals surface area contributed by atoms with E-state index in [-0.39, 0.29) is 30.4 Å². The van der Waals surface area contributed by atoms with E-state index in [9.17, 15) is 34.8 Å². The molecule has 170 valence electrons. The Labute approximate surface area is 178 Å². The predicted molar refractivity (Wildman–Crippen MR) is 103 cm³/mol. The highest BCUT2D eigenvalue weighted by molar-refractivity contribution is 7.93. The lowest BCUT2D eigenvalue weighted by atomic mass is 10.0. The van der Waals surface area contributed by atoms with Gasteiger partial charge >= 0.3 is 21.7 Å². The van der Waals surface area contributed by atoms with Gasteiger partial charge in [0.05, 0.1) is 17.0 Å². The average Bonchev–Trinajstić information content (AvgIpc) is 2.65. The largest absolute Gasteiger partial charge is 0.516 e. The van der Waals surface area contributed by atoms with Gasteiger partial charge in [-0.2, -0.15) is 34.8 Å². The van der Waals surface area contributed by atoms with Gasteiger partial charge in [0, 0.05) is 10.6 Å². The van der Waals surface area contributed by atoms with E-state index in [0.29, 0.717) is 16.7 Å². The maximum Gasteiger partial charge on any atom is 0.516 e. The first-order valence-corrected chi connectivity index (χ1v) is 10.3. The fourth-order valence-electron chi connectivity index (χ4n) is 2.33. The van der Waals surface area contributed by atoms with E-state index in [4.69, 9.17) is 16.4 Å². The van der Waals surface area contributed by atoms with Crippen LogP contribution in [0.2, 0.25) is 5.02 Å². The van der Waals surface area contributed by atoms with Gasteiger partial charge in [-0.3, -0.25) is 4.72 Å². The molecule has 0 aliphatic heterocycles. The second-order valence-electron chi connectivity index (χ2n) is 6.10. The summed E-state index contributed by atoms with van der Waals surface area (Å²) in [5.74, 6) is 0. The third kappa shape index (κ3) is 6.50. The van der Waals surface area contributed by atoms with Crippen molar-refractivity contribution in [1.82, 2.24) is 0 Å². The van der Waals surface area contributed by atoms with Crippen LogP contribution in [-0.2, 0) is 27.6 Å². The van der Waals surface area contributed by atoms with Gasteiger partial charge in [0.2, 0.25) is 0 Å². The lowest BCUT2D eigenvalue weighted by Gasteiger charge is -2.17. The molecule has 2 aromatic carbocycles. The molecule has 0 amide bonds. The van der Waals surface area contributed by atoms with Crippen LogP contribution in [0.1, 0.15) is 30.0 Å². The highest BCUT2D eigenvalue weighted by Gasteiger charge is 2.46. The van der Waals surface area contributed by atoms with E-state index in [1.807, 2.05) is 0 Å². The maximum atomic E-state index is 13.0. The number of oxime groups is 1. The van der Waals surface area contributed by atoms with Gasteiger partial charge < -0.3 is 4.84 Å². The third-order valence-electron chi connectivity index (χ3n) is 3.86. The molecule has 2 aromatic rings. The molecule has 13 heteroatoms. The van der Waals surface area contributed by atoms with Crippen LogP contribution >= 0.6 is 11.6 Å². The summed E-state index contributed by atoms with van der Waals surface area (Å²) in [6.07, 6.45) is -4.89. The summed E-state index contributed by atoms with van der Waals surface area (Å²) in [7, 11) is -5.97. The Morgan fingerprint density at radius 2 is 1.68 bits per heavy atom. The summed E-state index contributed by atoms with van der Waals surface area (Å²) in [4.78, 5) is 5.14. The number of benzene rings is 2. The first-order valence-electron chi connectivity index (χ1n) is 8.48. The minimum Gasteiger partial charge on any atom is -0.391 e. The molecular formula is C18H15ClF6N2O3S. The fraction of sp³-hybridized carbons (Fsp3) is 0.278. The van der Waals surface area contributed by atoms with Crippen molar-refractivity contribution in [2.75, 3.05) is 4.72 Å². The van der Waals surface area contributed by atoms with E-state index in [2.05, 4.69) is 5.16 Å². The van der Waals surface area contributed by atoms with Crippen LogP contribution in [0.5, 0.6) is 0 Å². The molecule has 0 heterocycles. The first-order chi connectivity index (χ1) is 14.2. The monoisotopic (exact) mass is 488 g/mol. The second-order valence-corrected chi connectivity index (χ2v) is 8.21. The molecule has 0 radical (unpaired) electrons. The fourth-order valence-corrected chi connectivity index (χ4v) is 3.03. The van der Waals surface area contributed by atoms with Crippen LogP contribution in [0.25, 0.3) is 0 Å². The third-order valence-corrected chi connectivity index (χ3v) is 5.21. The van der Waals surface area contributed by atoms with E-state index in [1.54, 1.807) is 24.3 Å². The standard InChI is InChI=1S/C18H15ClF6N2O3S/c1-2-15(26-30-10-11-3-6-13(19)7-4-11)14-8-5-12(17(20,21)22)9-16(14)27-31(28,29)18(23,24)25/h3-9,27H,2,10H2,1H3. The van der Waals surface area contributed by atoms with E-state index >= 15 is 0 Å². The molecule has 5 nitrogen and oxygen atoms in total. The number of anilines is 1. The van der Waals surface area contributed by atoms with Gasteiger partial charge in [-0.1, -0.05) is 41.9 Å². The van der Waals surface area contributed by atoms with Crippen LogP contribution in [0.15, 0.2) is 47.6 Å². The molecule has 2 rings (SSSR count). The van der Waals surface area contributed by atoms with Crippen molar-refractivity contribution in [3.05, 3.63) is 64.2 Å². The van der Waals surface area contributed by atoms with Gasteiger partial charge in [-0.05, 0) is 36.2 Å². The van der Waals surface area contributed by atoms with Gasteiger partial charge in [-0.25, -0.2) is 0 Å². The Bertz CT molecular complexity index is 1050. The molecule has 31 heavy (non-hydrogen) atoms. The SMILES string of the molecule is CCC(=NOCc1ccc(Cl)cc1)c1ccc(C(F)(F)F)cc1NS(=O)(=O)C(F)(F)F. The number of nitrogens with one attached hydrogen (secondary N) is 1. The van der Waals surface area contributed by atoms with E-state index in [1.165, 1.54) is 6.92 Å². The molecule has 0 saturated carbocycles. The Kier molecular flexibility index (Phi) is 7.48. The van der Waals surface area contributed by atoms with Crippen molar-refractivity contribution >= 4 is 33.0 Å². The van der Waals surface area contributed by atoms with Crippen LogP contribution in [-0.4, -0.2) is 19.6 Å². The summed E-state index contributed by atoms with van der Waals surface area (Å²) in [5, 5.41) is 4.24. The predicted octanol–water partition coefficient (Wildman–Crippen LogP) is 5.95. The van der Waals surface area contributed by atoms with Crippen molar-refractivity contribution in [1.29, 1.82) is 0 Å². The number of alkyl halides is 6. The van der Waals surface area contributed by atoms with Crippen LogP contribution < -0.4 is 4.72 Å². The summed E-state index contributed by atoms with van der Waals surface area (Å²) in [6, 6.07) is 8.13. The highest BCUT2D eigenvalue weighted by Crippen LogP contribution is 2.34. The van der Waals surface area contributed by atoms with Gasteiger partial charge in [0.15, 0.2) is 0 Å². The Morgan fingerprint density at radius 3 is 2.19 bits per heavy atom. The molecule has 0 atom stereocenters. The van der Waals surface area contributed by atoms with Crippen LogP contribution in [0.4, 0.5) is 32.0 Å². The van der Waals surface area contributed by atoms with E-state index < -0.39 is 33.0 Å². The summed E-state index contributed by atoms with van der Waals surface area (Å²) < 4.78 is 101. The number of nitrogens with zero attached hydrogens (tertiary/aromatic N) is 1. The van der Waals surface area contributed by atoms with Gasteiger partial charge in [0.25, 0.3) is 0 Å². The molecular weight excluding hydrogens is 474 g/mol. The quantitative estimate of drug-likeness (QED) is 0.297. The second kappa shape index (κ2) is 9.35. The van der Waals surface area contributed by atoms with Crippen LogP contribution in [0.3, 0.4) is 0 Å². The van der Waals surface area contributed by atoms with Crippen molar-refractivity contribution in [3.63, 3.8) is 0 Å². The summed E-state index contributed by atoms with van der Waals surface area (Å²) in [5.41, 5.74) is -7.71. The lowest BCUT2D eigenvalue weighted by Crippen LogP contribution is -2.30. The van der Waals surface area contributed by atoms with Gasteiger partial charge in [0.1, 0.15) is 6.61 Å². The van der Waals surface area contributed by atoms with Gasteiger partial charge in [-0.15, -0.1) is 0 Å². The molecule has 0 aliphatic rings. The molecule has 0 aromatic heterocycles. The normalized spacial score (nSPS) is 13.2. The zero-order valence-electron chi connectivity index (χ0n) is 15.7. The Morgan fingerprint density at radius 1 is 1.06 bits per heavy atom. The molecule has 0 saturated heterocycles. The number of hydrogen-bond donors (Lipinski definition) is 1.